The normalized spacial score (nSPS) is 20.7. The van der Waals surface area contributed by atoms with Gasteiger partial charge < -0.3 is 15.0 Å². The van der Waals surface area contributed by atoms with Crippen molar-refractivity contribution in [3.8, 4) is 5.75 Å². The van der Waals surface area contributed by atoms with Crippen LogP contribution in [0.4, 0.5) is 0 Å². The second-order valence-electron chi connectivity index (χ2n) is 6.51. The first-order valence-corrected chi connectivity index (χ1v) is 9.14. The van der Waals surface area contributed by atoms with Crippen LogP contribution in [0.2, 0.25) is 0 Å². The van der Waals surface area contributed by atoms with E-state index in [1.807, 2.05) is 32.3 Å². The van der Waals surface area contributed by atoms with Gasteiger partial charge in [-0.15, -0.1) is 0 Å². The zero-order chi connectivity index (χ0) is 17.1. The molecular formula is C19H24N2O2S. The Kier molecular flexibility index (Phi) is 5.21. The molecule has 2 aromatic rings. The van der Waals surface area contributed by atoms with Gasteiger partial charge in [0.15, 0.2) is 0 Å². The van der Waals surface area contributed by atoms with Gasteiger partial charge in [0.25, 0.3) is 0 Å². The minimum Gasteiger partial charge on any atom is -0.497 e. The Morgan fingerprint density at radius 3 is 2.92 bits per heavy atom. The molecule has 0 aliphatic heterocycles. The lowest BCUT2D eigenvalue weighted by atomic mass is 10.1. The lowest BCUT2D eigenvalue weighted by molar-refractivity contribution is -0.122. The fraction of sp³-hybridized carbons (Fsp3) is 0.421. The molecule has 128 valence electrons. The number of rotatable bonds is 7. The summed E-state index contributed by atoms with van der Waals surface area (Å²) in [5, 5.41) is 7.36. The second-order valence-corrected chi connectivity index (χ2v) is 7.29. The molecule has 4 nitrogen and oxygen atoms in total. The molecule has 1 aliphatic rings. The topological polar surface area (TPSA) is 41.6 Å². The van der Waals surface area contributed by atoms with Gasteiger partial charge in [-0.25, -0.2) is 0 Å². The summed E-state index contributed by atoms with van der Waals surface area (Å²) in [6, 6.07) is 10.4. The molecule has 0 spiro atoms. The number of thiophene rings is 1. The van der Waals surface area contributed by atoms with Gasteiger partial charge in [0.2, 0.25) is 5.91 Å². The minimum absolute atomic E-state index is 0.0855. The molecule has 1 amide bonds. The van der Waals surface area contributed by atoms with Crippen molar-refractivity contribution in [2.75, 3.05) is 27.7 Å². The molecule has 24 heavy (non-hydrogen) atoms. The van der Waals surface area contributed by atoms with Crippen molar-refractivity contribution >= 4 is 17.2 Å². The maximum absolute atomic E-state index is 12.5. The van der Waals surface area contributed by atoms with E-state index < -0.39 is 0 Å². The minimum atomic E-state index is 0.0855. The molecule has 0 unspecified atom stereocenters. The quantitative estimate of drug-likeness (QED) is 0.838. The van der Waals surface area contributed by atoms with E-state index in [1.54, 1.807) is 18.4 Å². The number of benzene rings is 1. The van der Waals surface area contributed by atoms with E-state index in [9.17, 15) is 4.79 Å². The van der Waals surface area contributed by atoms with Gasteiger partial charge in [0.05, 0.1) is 13.2 Å². The molecular weight excluding hydrogens is 320 g/mol. The summed E-state index contributed by atoms with van der Waals surface area (Å²) in [5.41, 5.74) is 2.45. The van der Waals surface area contributed by atoms with Crippen molar-refractivity contribution in [1.82, 2.24) is 10.2 Å². The number of ether oxygens (including phenoxy) is 1. The predicted octanol–water partition coefficient (Wildman–Crippen LogP) is 3.28. The van der Waals surface area contributed by atoms with Crippen molar-refractivity contribution in [3.63, 3.8) is 0 Å². The first-order valence-electron chi connectivity index (χ1n) is 8.20. The monoisotopic (exact) mass is 344 g/mol. The first-order chi connectivity index (χ1) is 11.6. The third-order valence-electron chi connectivity index (χ3n) is 4.67. The first kappa shape index (κ1) is 17.0. The number of hydrogen-bond acceptors (Lipinski definition) is 4. The molecule has 1 aromatic carbocycles. The molecule has 1 aliphatic carbocycles. The Bertz CT molecular complexity index is 684. The summed E-state index contributed by atoms with van der Waals surface area (Å²) in [6.07, 6.45) is 0.921. The molecule has 3 atom stereocenters. The highest BCUT2D eigenvalue weighted by Crippen LogP contribution is 2.48. The van der Waals surface area contributed by atoms with Crippen LogP contribution in [-0.4, -0.2) is 38.6 Å². The predicted molar refractivity (Wildman–Crippen MR) is 97.6 cm³/mol. The highest BCUT2D eigenvalue weighted by molar-refractivity contribution is 7.07. The van der Waals surface area contributed by atoms with Crippen molar-refractivity contribution in [3.05, 3.63) is 52.2 Å². The van der Waals surface area contributed by atoms with Crippen molar-refractivity contribution in [1.29, 1.82) is 0 Å². The van der Waals surface area contributed by atoms with Gasteiger partial charge >= 0.3 is 0 Å². The lowest BCUT2D eigenvalue weighted by Gasteiger charge is -2.24. The standard InChI is InChI=1S/C19H24N2O2S/c1-21(2)18(14-7-8-24-12-14)11-20-19(22)17-10-16(17)13-5-4-6-15(9-13)23-3/h4-9,12,16-18H,10-11H2,1-3H3,(H,20,22)/t16-,17-,18-/m0/s1. The second kappa shape index (κ2) is 7.36. The van der Waals surface area contributed by atoms with Crippen LogP contribution < -0.4 is 10.1 Å². The van der Waals surface area contributed by atoms with Gasteiger partial charge in [0.1, 0.15) is 5.75 Å². The summed E-state index contributed by atoms with van der Waals surface area (Å²) in [4.78, 5) is 14.6. The zero-order valence-electron chi connectivity index (χ0n) is 14.4. The molecule has 1 fully saturated rings. The van der Waals surface area contributed by atoms with E-state index in [0.717, 1.165) is 12.2 Å². The van der Waals surface area contributed by atoms with Crippen LogP contribution in [-0.2, 0) is 4.79 Å². The zero-order valence-corrected chi connectivity index (χ0v) is 15.2. The molecule has 0 radical (unpaired) electrons. The van der Waals surface area contributed by atoms with Crippen molar-refractivity contribution in [2.45, 2.75) is 18.4 Å². The summed E-state index contributed by atoms with van der Waals surface area (Å²) in [7, 11) is 5.76. The third kappa shape index (κ3) is 3.79. The van der Waals surface area contributed by atoms with E-state index in [-0.39, 0.29) is 17.9 Å². The number of hydrogen-bond donors (Lipinski definition) is 1. The average Bonchev–Trinajstić information content (AvgIpc) is 3.22. The van der Waals surface area contributed by atoms with Crippen LogP contribution in [0.3, 0.4) is 0 Å². The molecule has 1 N–H and O–H groups in total. The number of nitrogens with zero attached hydrogens (tertiary/aromatic N) is 1. The molecule has 3 rings (SSSR count). The van der Waals surface area contributed by atoms with E-state index in [1.165, 1.54) is 11.1 Å². The van der Waals surface area contributed by atoms with Crippen molar-refractivity contribution in [2.24, 2.45) is 5.92 Å². The fourth-order valence-electron chi connectivity index (χ4n) is 3.12. The summed E-state index contributed by atoms with van der Waals surface area (Å²) < 4.78 is 5.27. The molecule has 1 saturated carbocycles. The van der Waals surface area contributed by atoms with Gasteiger partial charge in [-0.05, 0) is 66.5 Å². The Morgan fingerprint density at radius 2 is 2.25 bits per heavy atom. The number of nitrogens with one attached hydrogen (secondary N) is 1. The highest BCUT2D eigenvalue weighted by Gasteiger charge is 2.44. The van der Waals surface area contributed by atoms with E-state index in [4.69, 9.17) is 4.74 Å². The fourth-order valence-corrected chi connectivity index (χ4v) is 3.82. The highest BCUT2D eigenvalue weighted by atomic mass is 32.1. The number of carbonyl (C=O) groups excluding carboxylic acids is 1. The van der Waals surface area contributed by atoms with E-state index in [0.29, 0.717) is 12.5 Å². The van der Waals surface area contributed by atoms with Gasteiger partial charge in [0, 0.05) is 12.5 Å². The molecule has 0 bridgehead atoms. The third-order valence-corrected chi connectivity index (χ3v) is 5.37. The number of methoxy groups -OCH3 is 1. The largest absolute Gasteiger partial charge is 0.497 e. The smallest absolute Gasteiger partial charge is 0.223 e. The average molecular weight is 344 g/mol. The molecule has 1 aromatic heterocycles. The van der Waals surface area contributed by atoms with Crippen LogP contribution in [0.15, 0.2) is 41.1 Å². The Labute approximate surface area is 147 Å². The SMILES string of the molecule is COc1cccc([C@@H]2C[C@@H]2C(=O)NC[C@@H](c2ccsc2)N(C)C)c1. The Morgan fingerprint density at radius 1 is 1.42 bits per heavy atom. The number of likely N-dealkylation sites (N-methyl/N-ethyl adjacent to an activating group) is 1. The summed E-state index contributed by atoms with van der Waals surface area (Å²) in [5.74, 6) is 1.41. The number of carbonyl (C=O) groups is 1. The van der Waals surface area contributed by atoms with Crippen LogP contribution >= 0.6 is 11.3 Å². The van der Waals surface area contributed by atoms with Gasteiger partial charge in [-0.2, -0.15) is 11.3 Å². The van der Waals surface area contributed by atoms with E-state index in [2.05, 4.69) is 33.1 Å². The maximum Gasteiger partial charge on any atom is 0.223 e. The van der Waals surface area contributed by atoms with Crippen LogP contribution in [0.1, 0.15) is 29.5 Å². The van der Waals surface area contributed by atoms with Gasteiger partial charge in [-0.3, -0.25) is 4.79 Å². The summed E-state index contributed by atoms with van der Waals surface area (Å²) in [6.45, 7) is 0.643. The number of amides is 1. The molecule has 1 heterocycles. The van der Waals surface area contributed by atoms with Crippen molar-refractivity contribution < 1.29 is 9.53 Å². The Hall–Kier alpha value is -1.85. The van der Waals surface area contributed by atoms with E-state index >= 15 is 0 Å². The molecule has 0 saturated heterocycles. The van der Waals surface area contributed by atoms with Crippen LogP contribution in [0, 0.1) is 5.92 Å². The van der Waals surface area contributed by atoms with Gasteiger partial charge in [-0.1, -0.05) is 12.1 Å². The lowest BCUT2D eigenvalue weighted by Crippen LogP contribution is -2.35. The van der Waals surface area contributed by atoms with Crippen LogP contribution in [0.5, 0.6) is 5.75 Å². The maximum atomic E-state index is 12.5. The summed E-state index contributed by atoms with van der Waals surface area (Å²) >= 11 is 1.69. The molecule has 5 heteroatoms. The Balaban J connectivity index is 1.56. The van der Waals surface area contributed by atoms with Crippen LogP contribution in [0.25, 0.3) is 0 Å².